The normalized spacial score (nSPS) is 10.2. The van der Waals surface area contributed by atoms with Gasteiger partial charge in [0.25, 0.3) is 0 Å². The van der Waals surface area contributed by atoms with Gasteiger partial charge in [0.2, 0.25) is 0 Å². The van der Waals surface area contributed by atoms with E-state index in [2.05, 4.69) is 13.2 Å². The summed E-state index contributed by atoms with van der Waals surface area (Å²) in [6.45, 7) is 10.8. The van der Waals surface area contributed by atoms with Crippen LogP contribution in [0.3, 0.4) is 0 Å². The van der Waals surface area contributed by atoms with Gasteiger partial charge in [-0.25, -0.2) is 0 Å². The minimum absolute atomic E-state index is 0.0378. The molecule has 0 amide bonds. The number of Topliss-reactive ketones (excluding diaryl/α,β-unsaturated/α-hetero) is 2. The Labute approximate surface area is 140 Å². The molecule has 0 heterocycles. The van der Waals surface area contributed by atoms with Crippen molar-refractivity contribution in [2.45, 2.75) is 23.6 Å². The predicted molar refractivity (Wildman–Crippen MR) is 95.3 cm³/mol. The Morgan fingerprint density at radius 3 is 1.26 bits per heavy atom. The summed E-state index contributed by atoms with van der Waals surface area (Å²) in [5, 5.41) is 0. The van der Waals surface area contributed by atoms with Gasteiger partial charge in [0.15, 0.2) is 11.6 Å². The van der Waals surface area contributed by atoms with Crippen LogP contribution in [-0.2, 0) is 0 Å². The Morgan fingerprint density at radius 2 is 1.00 bits per heavy atom. The van der Waals surface area contributed by atoms with Crippen molar-refractivity contribution in [1.29, 1.82) is 0 Å². The number of hydrogen-bond donors (Lipinski definition) is 0. The van der Waals surface area contributed by atoms with E-state index in [1.165, 1.54) is 0 Å². The summed E-state index contributed by atoms with van der Waals surface area (Å²) < 4.78 is 0. The zero-order valence-electron chi connectivity index (χ0n) is 13.3. The first kappa shape index (κ1) is 17.0. The Morgan fingerprint density at radius 1 is 0.696 bits per heavy atom. The van der Waals surface area contributed by atoms with Gasteiger partial charge in [0, 0.05) is 20.9 Å². The zero-order valence-corrected chi connectivity index (χ0v) is 14.1. The van der Waals surface area contributed by atoms with Crippen molar-refractivity contribution in [1.82, 2.24) is 0 Å². The molecule has 23 heavy (non-hydrogen) atoms. The summed E-state index contributed by atoms with van der Waals surface area (Å²) in [5.41, 5.74) is 2.35. The molecule has 0 fully saturated rings. The Balaban J connectivity index is 2.10. The van der Waals surface area contributed by atoms with E-state index in [0.717, 1.165) is 9.79 Å². The maximum atomic E-state index is 11.8. The molecule has 2 rings (SSSR count). The van der Waals surface area contributed by atoms with Crippen LogP contribution in [0.2, 0.25) is 0 Å². The number of benzene rings is 2. The molecule has 0 saturated heterocycles. The fraction of sp³-hybridized carbons (Fsp3) is 0.100. The number of allylic oxidation sites excluding steroid dienone is 2. The average molecular weight is 322 g/mol. The van der Waals surface area contributed by atoms with Gasteiger partial charge < -0.3 is 0 Å². The summed E-state index contributed by atoms with van der Waals surface area (Å²) in [5.74, 6) is -0.0755. The molecule has 0 aliphatic rings. The van der Waals surface area contributed by atoms with Crippen molar-refractivity contribution in [3.63, 3.8) is 0 Å². The molecule has 0 aliphatic heterocycles. The number of rotatable bonds is 6. The first-order valence-electron chi connectivity index (χ1n) is 7.17. The molecule has 2 nitrogen and oxygen atoms in total. The smallest absolute Gasteiger partial charge is 0.188 e. The highest BCUT2D eigenvalue weighted by Gasteiger charge is 2.08. The lowest BCUT2D eigenvalue weighted by molar-refractivity contribution is 0.102. The highest BCUT2D eigenvalue weighted by molar-refractivity contribution is 7.99. The minimum atomic E-state index is -0.0378. The fourth-order valence-electron chi connectivity index (χ4n) is 1.98. The van der Waals surface area contributed by atoms with E-state index in [0.29, 0.717) is 22.3 Å². The topological polar surface area (TPSA) is 34.1 Å². The van der Waals surface area contributed by atoms with Crippen LogP contribution in [0.25, 0.3) is 0 Å². The van der Waals surface area contributed by atoms with Gasteiger partial charge in [0.05, 0.1) is 0 Å². The molecule has 0 bridgehead atoms. The van der Waals surface area contributed by atoms with E-state index in [1.54, 1.807) is 49.9 Å². The molecule has 0 N–H and O–H groups in total. The van der Waals surface area contributed by atoms with Gasteiger partial charge in [-0.05, 0) is 73.5 Å². The molecule has 0 unspecified atom stereocenters. The van der Waals surface area contributed by atoms with Crippen LogP contribution in [0.4, 0.5) is 0 Å². The van der Waals surface area contributed by atoms with E-state index < -0.39 is 0 Å². The lowest BCUT2D eigenvalue weighted by Crippen LogP contribution is -1.99. The van der Waals surface area contributed by atoms with Crippen LogP contribution in [0.15, 0.2) is 82.6 Å². The maximum Gasteiger partial charge on any atom is 0.188 e. The standard InChI is InChI=1S/C20H18O2S/c1-13(2)19(21)15-5-9-17(10-6-15)23-18-11-7-16(8-12-18)20(22)14(3)4/h5-12H,1,3H2,2,4H3. The van der Waals surface area contributed by atoms with Crippen molar-refractivity contribution >= 4 is 23.3 Å². The van der Waals surface area contributed by atoms with Crippen molar-refractivity contribution in [3.8, 4) is 0 Å². The molecule has 0 atom stereocenters. The summed E-state index contributed by atoms with van der Waals surface area (Å²) in [4.78, 5) is 25.7. The third-order valence-corrected chi connectivity index (χ3v) is 4.26. The van der Waals surface area contributed by atoms with Gasteiger partial charge in [0.1, 0.15) is 0 Å². The molecule has 0 radical (unpaired) electrons. The summed E-state index contributed by atoms with van der Waals surface area (Å²) in [6, 6.07) is 14.9. The van der Waals surface area contributed by atoms with Crippen LogP contribution in [0.5, 0.6) is 0 Å². The molecule has 3 heteroatoms. The highest BCUT2D eigenvalue weighted by atomic mass is 32.2. The van der Waals surface area contributed by atoms with E-state index >= 15 is 0 Å². The van der Waals surface area contributed by atoms with Crippen LogP contribution in [0.1, 0.15) is 34.6 Å². The molecular formula is C20H18O2S. The summed E-state index contributed by atoms with van der Waals surface area (Å²) in [6.07, 6.45) is 0. The molecule has 2 aromatic carbocycles. The summed E-state index contributed by atoms with van der Waals surface area (Å²) in [7, 11) is 0. The number of ketones is 2. The first-order chi connectivity index (χ1) is 10.9. The van der Waals surface area contributed by atoms with Gasteiger partial charge in [-0.15, -0.1) is 0 Å². The van der Waals surface area contributed by atoms with E-state index in [4.69, 9.17) is 0 Å². The largest absolute Gasteiger partial charge is 0.289 e. The van der Waals surface area contributed by atoms with E-state index in [-0.39, 0.29) is 11.6 Å². The molecule has 0 aliphatic carbocycles. The van der Waals surface area contributed by atoms with Crippen LogP contribution < -0.4 is 0 Å². The SMILES string of the molecule is C=C(C)C(=O)c1ccc(Sc2ccc(C(=O)C(=C)C)cc2)cc1. The molecule has 0 saturated carbocycles. The van der Waals surface area contributed by atoms with Gasteiger partial charge in [-0.1, -0.05) is 24.9 Å². The average Bonchev–Trinajstić information content (AvgIpc) is 2.54. The maximum absolute atomic E-state index is 11.8. The quantitative estimate of drug-likeness (QED) is 0.530. The Hall–Kier alpha value is -2.39. The van der Waals surface area contributed by atoms with Crippen molar-refractivity contribution in [2.24, 2.45) is 0 Å². The second-order valence-corrected chi connectivity index (χ2v) is 6.52. The van der Waals surface area contributed by atoms with Crippen molar-refractivity contribution < 1.29 is 9.59 Å². The molecular weight excluding hydrogens is 304 g/mol. The number of carbonyl (C=O) groups is 2. The molecule has 116 valence electrons. The highest BCUT2D eigenvalue weighted by Crippen LogP contribution is 2.28. The molecule has 0 aromatic heterocycles. The Bertz CT molecular complexity index is 701. The first-order valence-corrected chi connectivity index (χ1v) is 7.98. The summed E-state index contributed by atoms with van der Waals surface area (Å²) >= 11 is 1.58. The number of hydrogen-bond acceptors (Lipinski definition) is 3. The van der Waals surface area contributed by atoms with Gasteiger partial charge in [-0.3, -0.25) is 9.59 Å². The van der Waals surface area contributed by atoms with Crippen molar-refractivity contribution in [2.75, 3.05) is 0 Å². The van der Waals surface area contributed by atoms with Gasteiger partial charge >= 0.3 is 0 Å². The molecule has 0 spiro atoms. The molecule has 2 aromatic rings. The lowest BCUT2D eigenvalue weighted by atomic mass is 10.1. The van der Waals surface area contributed by atoms with Crippen molar-refractivity contribution in [3.05, 3.63) is 84.0 Å². The number of carbonyl (C=O) groups excluding carboxylic acids is 2. The predicted octanol–water partition coefficient (Wildman–Crippen LogP) is 5.36. The van der Waals surface area contributed by atoms with E-state index in [9.17, 15) is 9.59 Å². The minimum Gasteiger partial charge on any atom is -0.289 e. The zero-order chi connectivity index (χ0) is 17.0. The second kappa shape index (κ2) is 7.25. The van der Waals surface area contributed by atoms with Crippen LogP contribution >= 0.6 is 11.8 Å². The Kier molecular flexibility index (Phi) is 5.35. The third-order valence-electron chi connectivity index (χ3n) is 3.24. The van der Waals surface area contributed by atoms with E-state index in [1.807, 2.05) is 24.3 Å². The lowest BCUT2D eigenvalue weighted by Gasteiger charge is -2.05. The van der Waals surface area contributed by atoms with Crippen LogP contribution in [-0.4, -0.2) is 11.6 Å². The monoisotopic (exact) mass is 322 g/mol. The van der Waals surface area contributed by atoms with Crippen LogP contribution in [0, 0.1) is 0 Å². The van der Waals surface area contributed by atoms with Gasteiger partial charge in [-0.2, -0.15) is 0 Å². The third kappa shape index (κ3) is 4.30. The fourth-order valence-corrected chi connectivity index (χ4v) is 2.79. The second-order valence-electron chi connectivity index (χ2n) is 5.37.